The van der Waals surface area contributed by atoms with Gasteiger partial charge < -0.3 is 15.3 Å². The summed E-state index contributed by atoms with van der Waals surface area (Å²) in [6.07, 6.45) is 0.972. The van der Waals surface area contributed by atoms with Crippen LogP contribution in [0.25, 0.3) is 0 Å². The van der Waals surface area contributed by atoms with Gasteiger partial charge in [-0.3, -0.25) is 4.98 Å². The Kier molecular flexibility index (Phi) is 6.61. The largest absolute Gasteiger partial charge is 0.387 e. The first-order valence-corrected chi connectivity index (χ1v) is 11.4. The zero-order chi connectivity index (χ0) is 22.8. The molecule has 1 saturated heterocycles. The maximum Gasteiger partial charge on any atom is 0.321 e. The number of halogens is 2. The fourth-order valence-electron chi connectivity index (χ4n) is 3.64. The Labute approximate surface area is 180 Å². The van der Waals surface area contributed by atoms with Gasteiger partial charge in [-0.2, -0.15) is 0 Å². The molecule has 31 heavy (non-hydrogen) atoms. The number of nitrogens with one attached hydrogen (secondary N) is 1. The third-order valence-corrected chi connectivity index (χ3v) is 7.86. The van der Waals surface area contributed by atoms with E-state index in [2.05, 4.69) is 10.3 Å². The summed E-state index contributed by atoms with van der Waals surface area (Å²) < 4.78 is 54.5. The number of alkyl halides is 1. The number of nitrogens with zero attached hydrogens (tertiary/aromatic N) is 2. The normalized spacial score (nSPS) is 18.3. The van der Waals surface area contributed by atoms with Crippen LogP contribution in [-0.2, 0) is 9.84 Å². The van der Waals surface area contributed by atoms with Crippen molar-refractivity contribution in [1.29, 1.82) is 0 Å². The molecule has 2 atom stereocenters. The minimum Gasteiger partial charge on any atom is -0.387 e. The zero-order valence-corrected chi connectivity index (χ0v) is 18.1. The third-order valence-electron chi connectivity index (χ3n) is 5.60. The van der Waals surface area contributed by atoms with Crippen molar-refractivity contribution in [3.05, 3.63) is 54.1 Å². The van der Waals surface area contributed by atoms with E-state index in [-0.39, 0.29) is 25.9 Å². The predicted octanol–water partition coefficient (Wildman–Crippen LogP) is 3.68. The second-order valence-electron chi connectivity index (χ2n) is 7.78. The van der Waals surface area contributed by atoms with Crippen molar-refractivity contribution in [2.24, 2.45) is 5.92 Å². The van der Waals surface area contributed by atoms with Crippen LogP contribution in [0.2, 0.25) is 0 Å². The maximum absolute atomic E-state index is 15.5. The minimum atomic E-state index is -4.42. The van der Waals surface area contributed by atoms with Gasteiger partial charge in [-0.1, -0.05) is 6.07 Å². The van der Waals surface area contributed by atoms with Crippen LogP contribution in [0, 0.1) is 11.7 Å². The number of aliphatic hydroxyl groups is 1. The Morgan fingerprint density at radius 1 is 1.29 bits per heavy atom. The standard InChI is InChI=1S/C21H25F2N3O4S/c1-14(27)19-13-17(6-9-24-19)25-20(28)26-10-7-15(8-11-26)21(2,23)31(29,30)18-5-3-4-16(22)12-18/h3-6,9,12-15,27H,7-8,10-11H2,1-2H3,(H,24,25,28)/t14-,21+/m0/s1. The smallest absolute Gasteiger partial charge is 0.321 e. The molecule has 1 fully saturated rings. The molecular weight excluding hydrogens is 428 g/mol. The number of likely N-dealkylation sites (tertiary alicyclic amines) is 1. The van der Waals surface area contributed by atoms with Gasteiger partial charge in [0.05, 0.1) is 16.7 Å². The summed E-state index contributed by atoms with van der Waals surface area (Å²) in [5, 5.41) is 9.72. The van der Waals surface area contributed by atoms with E-state index in [0.717, 1.165) is 19.1 Å². The van der Waals surface area contributed by atoms with Crippen molar-refractivity contribution in [1.82, 2.24) is 9.88 Å². The summed E-state index contributed by atoms with van der Waals surface area (Å²) in [5.41, 5.74) is 0.870. The van der Waals surface area contributed by atoms with Crippen LogP contribution in [0.5, 0.6) is 0 Å². The van der Waals surface area contributed by atoms with E-state index in [4.69, 9.17) is 0 Å². The lowest BCUT2D eigenvalue weighted by molar-refractivity contribution is 0.117. The topological polar surface area (TPSA) is 99.6 Å². The van der Waals surface area contributed by atoms with Crippen molar-refractivity contribution in [2.45, 2.75) is 42.7 Å². The van der Waals surface area contributed by atoms with Crippen molar-refractivity contribution in [3.63, 3.8) is 0 Å². The molecule has 0 saturated carbocycles. The molecule has 168 valence electrons. The fraction of sp³-hybridized carbons (Fsp3) is 0.429. The Morgan fingerprint density at radius 3 is 2.58 bits per heavy atom. The Bertz CT molecular complexity index is 1050. The van der Waals surface area contributed by atoms with E-state index < -0.39 is 43.6 Å². The third kappa shape index (κ3) is 4.85. The molecule has 1 aliphatic heterocycles. The fourth-order valence-corrected chi connectivity index (χ4v) is 5.30. The number of hydrogen-bond acceptors (Lipinski definition) is 5. The Hall–Kier alpha value is -2.59. The molecule has 2 N–H and O–H groups in total. The number of benzene rings is 1. The molecule has 2 amide bonds. The summed E-state index contributed by atoms with van der Waals surface area (Å²) in [5.74, 6) is -1.59. The summed E-state index contributed by atoms with van der Waals surface area (Å²) in [7, 11) is -4.42. The van der Waals surface area contributed by atoms with Gasteiger partial charge >= 0.3 is 6.03 Å². The van der Waals surface area contributed by atoms with Crippen LogP contribution in [0.1, 0.15) is 38.5 Å². The molecule has 3 rings (SSSR count). The van der Waals surface area contributed by atoms with Gasteiger partial charge in [0.1, 0.15) is 5.82 Å². The van der Waals surface area contributed by atoms with Gasteiger partial charge in [0.2, 0.25) is 14.8 Å². The predicted molar refractivity (Wildman–Crippen MR) is 111 cm³/mol. The molecule has 7 nitrogen and oxygen atoms in total. The van der Waals surface area contributed by atoms with Gasteiger partial charge in [0.15, 0.2) is 0 Å². The SMILES string of the molecule is C[C@H](O)c1cc(NC(=O)N2CCC([C@](C)(F)S(=O)(=O)c3cccc(F)c3)CC2)ccn1. The van der Waals surface area contributed by atoms with Crippen LogP contribution in [-0.4, -0.2) is 47.5 Å². The summed E-state index contributed by atoms with van der Waals surface area (Å²) in [6.45, 7) is 2.90. The molecule has 0 radical (unpaired) electrons. The number of carbonyl (C=O) groups excluding carboxylic acids is 1. The number of aliphatic hydroxyl groups excluding tert-OH is 1. The monoisotopic (exact) mass is 453 g/mol. The first-order valence-electron chi connectivity index (χ1n) is 9.91. The summed E-state index contributed by atoms with van der Waals surface area (Å²) in [4.78, 5) is 17.6. The number of hydrogen-bond donors (Lipinski definition) is 2. The number of anilines is 1. The lowest BCUT2D eigenvalue weighted by atomic mass is 9.92. The van der Waals surface area contributed by atoms with Crippen molar-refractivity contribution < 1.29 is 27.1 Å². The van der Waals surface area contributed by atoms with E-state index in [1.807, 2.05) is 0 Å². The molecular formula is C21H25F2N3O4S. The number of pyridine rings is 1. The number of aromatic nitrogens is 1. The van der Waals surface area contributed by atoms with Crippen LogP contribution < -0.4 is 5.32 Å². The van der Waals surface area contributed by atoms with Gasteiger partial charge in [-0.25, -0.2) is 22.0 Å². The quantitative estimate of drug-likeness (QED) is 0.720. The average Bonchev–Trinajstić information content (AvgIpc) is 2.74. The Morgan fingerprint density at radius 2 is 1.97 bits per heavy atom. The molecule has 1 aromatic carbocycles. The number of rotatable bonds is 5. The highest BCUT2D eigenvalue weighted by molar-refractivity contribution is 7.92. The first-order chi connectivity index (χ1) is 14.5. The highest BCUT2D eigenvalue weighted by Crippen LogP contribution is 2.39. The molecule has 0 bridgehead atoms. The van der Waals surface area contributed by atoms with Crippen molar-refractivity contribution in [3.8, 4) is 0 Å². The van der Waals surface area contributed by atoms with Gasteiger partial charge in [0.25, 0.3) is 0 Å². The number of urea groups is 1. The van der Waals surface area contributed by atoms with Crippen molar-refractivity contribution >= 4 is 21.6 Å². The van der Waals surface area contributed by atoms with Crippen LogP contribution in [0.15, 0.2) is 47.5 Å². The van der Waals surface area contributed by atoms with Gasteiger partial charge in [0, 0.05) is 30.9 Å². The van der Waals surface area contributed by atoms with Gasteiger partial charge in [-0.05, 0) is 57.0 Å². The van der Waals surface area contributed by atoms with Crippen LogP contribution in [0.3, 0.4) is 0 Å². The molecule has 2 aromatic rings. The van der Waals surface area contributed by atoms with E-state index in [9.17, 15) is 22.7 Å². The molecule has 1 aliphatic rings. The number of piperidine rings is 1. The first kappa shape index (κ1) is 23.1. The van der Waals surface area contributed by atoms with E-state index >= 15 is 4.39 Å². The summed E-state index contributed by atoms with van der Waals surface area (Å²) in [6, 6.07) is 7.04. The zero-order valence-electron chi connectivity index (χ0n) is 17.3. The maximum atomic E-state index is 15.5. The van der Waals surface area contributed by atoms with Gasteiger partial charge in [-0.15, -0.1) is 0 Å². The lowest BCUT2D eigenvalue weighted by Gasteiger charge is -2.37. The number of carbonyl (C=O) groups is 1. The molecule has 0 spiro atoms. The molecule has 1 aromatic heterocycles. The molecule has 10 heteroatoms. The number of sulfone groups is 1. The second kappa shape index (κ2) is 8.88. The molecule has 0 aliphatic carbocycles. The van der Waals surface area contributed by atoms with Crippen LogP contribution >= 0.6 is 0 Å². The van der Waals surface area contributed by atoms with Crippen LogP contribution in [0.4, 0.5) is 19.3 Å². The average molecular weight is 454 g/mol. The summed E-state index contributed by atoms with van der Waals surface area (Å²) >= 11 is 0. The van der Waals surface area contributed by atoms with Crippen molar-refractivity contribution in [2.75, 3.05) is 18.4 Å². The van der Waals surface area contributed by atoms with E-state index in [1.165, 1.54) is 23.2 Å². The van der Waals surface area contributed by atoms with E-state index in [0.29, 0.717) is 11.4 Å². The van der Waals surface area contributed by atoms with E-state index in [1.54, 1.807) is 19.1 Å². The highest BCUT2D eigenvalue weighted by Gasteiger charge is 2.48. The Balaban J connectivity index is 1.65. The molecule has 2 heterocycles. The molecule has 0 unspecified atom stereocenters. The second-order valence-corrected chi connectivity index (χ2v) is 10.1. The highest BCUT2D eigenvalue weighted by atomic mass is 32.2. The lowest BCUT2D eigenvalue weighted by Crippen LogP contribution is -2.48. The minimum absolute atomic E-state index is 0.143. The number of amides is 2.